The lowest BCUT2D eigenvalue weighted by molar-refractivity contribution is 0.220. The van der Waals surface area contributed by atoms with Gasteiger partial charge in [-0.1, -0.05) is 12.1 Å². The molecule has 1 rings (SSSR count). The molecule has 0 atom stereocenters. The second-order valence-corrected chi connectivity index (χ2v) is 2.98. The van der Waals surface area contributed by atoms with E-state index in [0.29, 0.717) is 5.56 Å². The van der Waals surface area contributed by atoms with E-state index in [1.165, 1.54) is 32.0 Å². The van der Waals surface area contributed by atoms with Gasteiger partial charge in [0.15, 0.2) is 0 Å². The molecule has 1 aromatic carbocycles. The summed E-state index contributed by atoms with van der Waals surface area (Å²) >= 11 is 0. The van der Waals surface area contributed by atoms with Gasteiger partial charge in [0.1, 0.15) is 11.5 Å². The molecule has 0 nitrogen and oxygen atoms in total. The van der Waals surface area contributed by atoms with Crippen LogP contribution in [0.25, 0.3) is 0 Å². The Balaban J connectivity index is 3.06. The van der Waals surface area contributed by atoms with Gasteiger partial charge in [-0.05, 0) is 31.5 Å². The van der Waals surface area contributed by atoms with Crippen molar-refractivity contribution in [3.05, 3.63) is 35.6 Å². The normalized spacial score (nSPS) is 11.6. The van der Waals surface area contributed by atoms with Crippen LogP contribution in [0.1, 0.15) is 19.4 Å². The van der Waals surface area contributed by atoms with Crippen LogP contribution in [0.15, 0.2) is 24.3 Å². The molecule has 0 fully saturated rings. The quantitative estimate of drug-likeness (QED) is 0.586. The molecule has 0 saturated carbocycles. The van der Waals surface area contributed by atoms with Gasteiger partial charge in [-0.25, -0.2) is 8.78 Å². The van der Waals surface area contributed by atoms with Crippen LogP contribution in [0.2, 0.25) is 0 Å². The molecule has 0 aliphatic heterocycles. The molecule has 0 saturated heterocycles. The van der Waals surface area contributed by atoms with Crippen LogP contribution in [0.3, 0.4) is 0 Å². The number of hydrogen-bond acceptors (Lipinski definition) is 0. The summed E-state index contributed by atoms with van der Waals surface area (Å²) in [6, 6.07) is 5.59. The Kier molecular flexibility index (Phi) is 1.94. The molecule has 0 bridgehead atoms. The van der Waals surface area contributed by atoms with Crippen LogP contribution in [0.4, 0.5) is 8.78 Å². The zero-order valence-corrected chi connectivity index (χ0v) is 6.57. The smallest absolute Gasteiger partial charge is 0.130 e. The zero-order valence-electron chi connectivity index (χ0n) is 6.57. The van der Waals surface area contributed by atoms with E-state index < -0.39 is 11.5 Å². The summed E-state index contributed by atoms with van der Waals surface area (Å²) in [5.74, 6) is -0.395. The van der Waals surface area contributed by atoms with Crippen LogP contribution in [-0.2, 0) is 5.67 Å². The molecule has 0 radical (unpaired) electrons. The number of alkyl halides is 1. The maximum absolute atomic E-state index is 13.1. The Morgan fingerprint density at radius 2 is 1.91 bits per heavy atom. The van der Waals surface area contributed by atoms with Gasteiger partial charge in [0, 0.05) is 0 Å². The van der Waals surface area contributed by atoms with Gasteiger partial charge in [-0.15, -0.1) is 0 Å². The van der Waals surface area contributed by atoms with Crippen LogP contribution in [0, 0.1) is 5.82 Å². The SMILES string of the molecule is CC(C)(F)c1cccc(F)c1. The molecule has 0 aliphatic carbocycles. The molecule has 0 unspecified atom stereocenters. The first-order valence-electron chi connectivity index (χ1n) is 3.45. The van der Waals surface area contributed by atoms with E-state index >= 15 is 0 Å². The lowest BCUT2D eigenvalue weighted by Gasteiger charge is -2.13. The third-order valence-electron chi connectivity index (χ3n) is 1.51. The topological polar surface area (TPSA) is 0 Å². The van der Waals surface area contributed by atoms with Crippen molar-refractivity contribution in [1.82, 2.24) is 0 Å². The van der Waals surface area contributed by atoms with Gasteiger partial charge < -0.3 is 0 Å². The number of halogens is 2. The van der Waals surface area contributed by atoms with Crippen molar-refractivity contribution in [3.8, 4) is 0 Å². The standard InChI is InChI=1S/C9H10F2/c1-9(2,11)7-4-3-5-8(10)6-7/h3-6H,1-2H3. The molecular weight excluding hydrogens is 146 g/mol. The molecule has 0 spiro atoms. The predicted molar refractivity (Wildman–Crippen MR) is 40.5 cm³/mol. The summed E-state index contributed by atoms with van der Waals surface area (Å²) in [5.41, 5.74) is -1.08. The first-order valence-corrected chi connectivity index (χ1v) is 3.45. The molecule has 0 N–H and O–H groups in total. The van der Waals surface area contributed by atoms with Crippen molar-refractivity contribution in [2.75, 3.05) is 0 Å². The van der Waals surface area contributed by atoms with E-state index in [1.807, 2.05) is 0 Å². The molecule has 0 aromatic heterocycles. The second kappa shape index (κ2) is 2.61. The predicted octanol–water partition coefficient (Wildman–Crippen LogP) is 3.03. The average molecular weight is 156 g/mol. The van der Waals surface area contributed by atoms with Crippen LogP contribution in [0.5, 0.6) is 0 Å². The summed E-state index contributed by atoms with van der Waals surface area (Å²) in [7, 11) is 0. The van der Waals surface area contributed by atoms with E-state index in [4.69, 9.17) is 0 Å². The van der Waals surface area contributed by atoms with E-state index in [1.54, 1.807) is 6.07 Å². The summed E-state index contributed by atoms with van der Waals surface area (Å²) in [5, 5.41) is 0. The average Bonchev–Trinajstić information content (AvgIpc) is 1.86. The molecule has 0 amide bonds. The fraction of sp³-hybridized carbons (Fsp3) is 0.333. The molecule has 0 aliphatic rings. The first-order chi connectivity index (χ1) is 5.00. The minimum Gasteiger partial charge on any atom is -0.239 e. The van der Waals surface area contributed by atoms with Crippen molar-refractivity contribution >= 4 is 0 Å². The van der Waals surface area contributed by atoms with Gasteiger partial charge in [0.25, 0.3) is 0 Å². The van der Waals surface area contributed by atoms with Crippen LogP contribution >= 0.6 is 0 Å². The Hall–Kier alpha value is -0.920. The molecular formula is C9H10F2. The Labute approximate surface area is 64.9 Å². The molecule has 1 aromatic rings. The van der Waals surface area contributed by atoms with E-state index in [-0.39, 0.29) is 0 Å². The van der Waals surface area contributed by atoms with Crippen LogP contribution in [-0.4, -0.2) is 0 Å². The highest BCUT2D eigenvalue weighted by Gasteiger charge is 2.18. The lowest BCUT2D eigenvalue weighted by atomic mass is 10.0. The van der Waals surface area contributed by atoms with Gasteiger partial charge in [-0.3, -0.25) is 0 Å². The maximum Gasteiger partial charge on any atom is 0.130 e. The summed E-state index contributed by atoms with van der Waals surface area (Å²) < 4.78 is 25.7. The lowest BCUT2D eigenvalue weighted by Crippen LogP contribution is -2.08. The van der Waals surface area contributed by atoms with Gasteiger partial charge in [0.2, 0.25) is 0 Å². The summed E-state index contributed by atoms with van der Waals surface area (Å²) in [4.78, 5) is 0. The minimum absolute atomic E-state index is 0.373. The highest BCUT2D eigenvalue weighted by molar-refractivity contribution is 5.21. The third kappa shape index (κ3) is 2.00. The van der Waals surface area contributed by atoms with Gasteiger partial charge >= 0.3 is 0 Å². The highest BCUT2D eigenvalue weighted by Crippen LogP contribution is 2.24. The number of rotatable bonds is 1. The summed E-state index contributed by atoms with van der Waals surface area (Å²) in [6.45, 7) is 2.81. The Bertz CT molecular complexity index is 248. The largest absolute Gasteiger partial charge is 0.239 e. The highest BCUT2D eigenvalue weighted by atomic mass is 19.1. The van der Waals surface area contributed by atoms with E-state index in [2.05, 4.69) is 0 Å². The first kappa shape index (κ1) is 8.18. The van der Waals surface area contributed by atoms with Crippen molar-refractivity contribution < 1.29 is 8.78 Å². The Morgan fingerprint density at radius 3 is 2.27 bits per heavy atom. The fourth-order valence-corrected chi connectivity index (χ4v) is 0.858. The molecule has 2 heteroatoms. The summed E-state index contributed by atoms with van der Waals surface area (Å²) in [6.07, 6.45) is 0. The van der Waals surface area contributed by atoms with Crippen LogP contribution < -0.4 is 0 Å². The van der Waals surface area contributed by atoms with Crippen molar-refractivity contribution in [2.24, 2.45) is 0 Å². The maximum atomic E-state index is 13.1. The molecule has 60 valence electrons. The fourth-order valence-electron chi connectivity index (χ4n) is 0.858. The molecule has 11 heavy (non-hydrogen) atoms. The molecule has 0 heterocycles. The van der Waals surface area contributed by atoms with Gasteiger partial charge in [-0.2, -0.15) is 0 Å². The van der Waals surface area contributed by atoms with Crippen molar-refractivity contribution in [1.29, 1.82) is 0 Å². The van der Waals surface area contributed by atoms with Crippen molar-refractivity contribution in [3.63, 3.8) is 0 Å². The number of hydrogen-bond donors (Lipinski definition) is 0. The monoisotopic (exact) mass is 156 g/mol. The van der Waals surface area contributed by atoms with Gasteiger partial charge in [0.05, 0.1) is 0 Å². The third-order valence-corrected chi connectivity index (χ3v) is 1.51. The zero-order chi connectivity index (χ0) is 8.48. The van der Waals surface area contributed by atoms with E-state index in [9.17, 15) is 8.78 Å². The van der Waals surface area contributed by atoms with Crippen molar-refractivity contribution in [2.45, 2.75) is 19.5 Å². The van der Waals surface area contributed by atoms with E-state index in [0.717, 1.165) is 0 Å². The number of benzene rings is 1. The minimum atomic E-state index is -1.46. The second-order valence-electron chi connectivity index (χ2n) is 2.98. The Morgan fingerprint density at radius 1 is 1.27 bits per heavy atom.